The molecular formula is C14H14OS2. The molecule has 0 radical (unpaired) electrons. The number of benzene rings is 1. The monoisotopic (exact) mass is 262 g/mol. The Morgan fingerprint density at radius 3 is 2.88 bits per heavy atom. The Kier molecular flexibility index (Phi) is 2.99. The molecule has 2 unspecified atom stereocenters. The van der Waals surface area contributed by atoms with Crippen molar-refractivity contribution in [3.63, 3.8) is 0 Å². The highest BCUT2D eigenvalue weighted by Crippen LogP contribution is 2.42. The fraction of sp³-hybridized carbons (Fsp3) is 0.286. The lowest BCUT2D eigenvalue weighted by atomic mass is 10.0. The molecule has 2 aromatic rings. The van der Waals surface area contributed by atoms with E-state index >= 15 is 0 Å². The van der Waals surface area contributed by atoms with Crippen LogP contribution in [0.5, 0.6) is 0 Å². The topological polar surface area (TPSA) is 20.2 Å². The van der Waals surface area contributed by atoms with Crippen LogP contribution in [0.4, 0.5) is 0 Å². The van der Waals surface area contributed by atoms with Gasteiger partial charge in [-0.1, -0.05) is 18.2 Å². The smallest absolute Gasteiger partial charge is 0.0923 e. The Balaban J connectivity index is 1.80. The van der Waals surface area contributed by atoms with Gasteiger partial charge in [0.2, 0.25) is 0 Å². The summed E-state index contributed by atoms with van der Waals surface area (Å²) >= 11 is 3.51. The number of aliphatic hydroxyl groups is 1. The minimum Gasteiger partial charge on any atom is -0.387 e. The van der Waals surface area contributed by atoms with Crippen molar-refractivity contribution in [3.05, 3.63) is 51.7 Å². The van der Waals surface area contributed by atoms with Crippen LogP contribution in [0.15, 0.2) is 40.6 Å². The summed E-state index contributed by atoms with van der Waals surface area (Å²) in [5.74, 6) is 0. The maximum Gasteiger partial charge on any atom is 0.0923 e. The van der Waals surface area contributed by atoms with Gasteiger partial charge in [-0.2, -0.15) is 0 Å². The van der Waals surface area contributed by atoms with Gasteiger partial charge < -0.3 is 5.11 Å². The van der Waals surface area contributed by atoms with Gasteiger partial charge in [0, 0.05) is 15.0 Å². The van der Waals surface area contributed by atoms with E-state index in [-0.39, 0.29) is 11.4 Å². The molecule has 0 saturated carbocycles. The van der Waals surface area contributed by atoms with Crippen molar-refractivity contribution in [2.75, 3.05) is 0 Å². The molecule has 0 amide bonds. The summed E-state index contributed by atoms with van der Waals surface area (Å²) < 4.78 is 0. The number of thiophene rings is 1. The SMILES string of the molecule is Cc1cc(C(O)C2Cc3ccccc3S2)cs1. The van der Waals surface area contributed by atoms with E-state index < -0.39 is 0 Å². The van der Waals surface area contributed by atoms with Gasteiger partial charge in [0.1, 0.15) is 0 Å². The maximum atomic E-state index is 10.4. The van der Waals surface area contributed by atoms with Crippen LogP contribution in [-0.4, -0.2) is 10.4 Å². The lowest BCUT2D eigenvalue weighted by Gasteiger charge is -2.15. The number of hydrogen-bond donors (Lipinski definition) is 1. The van der Waals surface area contributed by atoms with Crippen LogP contribution in [0.25, 0.3) is 0 Å². The highest BCUT2D eigenvalue weighted by atomic mass is 32.2. The summed E-state index contributed by atoms with van der Waals surface area (Å²) in [5.41, 5.74) is 2.44. The van der Waals surface area contributed by atoms with Crippen LogP contribution in [0.2, 0.25) is 0 Å². The summed E-state index contributed by atoms with van der Waals surface area (Å²) in [6, 6.07) is 10.5. The summed E-state index contributed by atoms with van der Waals surface area (Å²) in [6.07, 6.45) is 0.619. The van der Waals surface area contributed by atoms with E-state index in [1.807, 2.05) is 0 Å². The third kappa shape index (κ3) is 2.15. The van der Waals surface area contributed by atoms with Crippen LogP contribution < -0.4 is 0 Å². The van der Waals surface area contributed by atoms with Gasteiger partial charge >= 0.3 is 0 Å². The zero-order chi connectivity index (χ0) is 11.8. The predicted molar refractivity (Wildman–Crippen MR) is 73.8 cm³/mol. The van der Waals surface area contributed by atoms with E-state index in [2.05, 4.69) is 42.6 Å². The second kappa shape index (κ2) is 4.48. The second-order valence-corrected chi connectivity index (χ2v) is 6.80. The van der Waals surface area contributed by atoms with Gasteiger partial charge in [-0.15, -0.1) is 23.1 Å². The Labute approximate surface area is 110 Å². The van der Waals surface area contributed by atoms with Gasteiger partial charge in [0.15, 0.2) is 0 Å². The Hall–Kier alpha value is -0.770. The molecule has 2 atom stereocenters. The third-order valence-electron chi connectivity index (χ3n) is 3.12. The number of aliphatic hydroxyl groups excluding tert-OH is 1. The summed E-state index contributed by atoms with van der Waals surface area (Å²) in [5, 5.41) is 12.7. The molecular weight excluding hydrogens is 248 g/mol. The van der Waals surface area contributed by atoms with Crippen LogP contribution >= 0.6 is 23.1 Å². The minimum absolute atomic E-state index is 0.265. The lowest BCUT2D eigenvalue weighted by Crippen LogP contribution is -2.13. The van der Waals surface area contributed by atoms with Gasteiger partial charge in [-0.25, -0.2) is 0 Å². The van der Waals surface area contributed by atoms with Crippen LogP contribution in [0.3, 0.4) is 0 Å². The molecule has 1 aliphatic heterocycles. The quantitative estimate of drug-likeness (QED) is 0.888. The molecule has 0 fully saturated rings. The van der Waals surface area contributed by atoms with Crippen molar-refractivity contribution >= 4 is 23.1 Å². The van der Waals surface area contributed by atoms with Crippen LogP contribution in [0, 0.1) is 6.92 Å². The highest BCUT2D eigenvalue weighted by Gasteiger charge is 2.29. The number of aryl methyl sites for hydroxylation is 1. The molecule has 1 aromatic carbocycles. The number of hydrogen-bond acceptors (Lipinski definition) is 3. The minimum atomic E-state index is -0.350. The summed E-state index contributed by atoms with van der Waals surface area (Å²) in [7, 11) is 0. The molecule has 1 aliphatic rings. The van der Waals surface area contributed by atoms with Crippen molar-refractivity contribution in [2.24, 2.45) is 0 Å². The van der Waals surface area contributed by atoms with Crippen molar-refractivity contribution < 1.29 is 5.11 Å². The van der Waals surface area contributed by atoms with E-state index in [4.69, 9.17) is 0 Å². The average molecular weight is 262 g/mol. The first-order valence-corrected chi connectivity index (χ1v) is 7.47. The molecule has 2 heterocycles. The lowest BCUT2D eigenvalue weighted by molar-refractivity contribution is 0.175. The molecule has 88 valence electrons. The number of thioether (sulfide) groups is 1. The van der Waals surface area contributed by atoms with E-state index in [0.717, 1.165) is 12.0 Å². The van der Waals surface area contributed by atoms with Crippen molar-refractivity contribution in [3.8, 4) is 0 Å². The van der Waals surface area contributed by atoms with Gasteiger partial charge in [-0.3, -0.25) is 0 Å². The Morgan fingerprint density at radius 1 is 1.35 bits per heavy atom. The van der Waals surface area contributed by atoms with Crippen LogP contribution in [-0.2, 0) is 6.42 Å². The largest absolute Gasteiger partial charge is 0.387 e. The Bertz CT molecular complexity index is 508. The van der Waals surface area contributed by atoms with Crippen molar-refractivity contribution in [1.82, 2.24) is 0 Å². The third-order valence-corrected chi connectivity index (χ3v) is 5.38. The zero-order valence-corrected chi connectivity index (χ0v) is 11.2. The first-order chi connectivity index (χ1) is 8.24. The number of fused-ring (bicyclic) bond motifs is 1. The van der Waals surface area contributed by atoms with E-state index in [1.54, 1.807) is 23.1 Å². The Morgan fingerprint density at radius 2 is 2.18 bits per heavy atom. The van der Waals surface area contributed by atoms with Gasteiger partial charge in [-0.05, 0) is 42.0 Å². The average Bonchev–Trinajstić information content (AvgIpc) is 2.93. The van der Waals surface area contributed by atoms with E-state index in [9.17, 15) is 5.11 Å². The van der Waals surface area contributed by atoms with Crippen molar-refractivity contribution in [2.45, 2.75) is 29.6 Å². The van der Waals surface area contributed by atoms with Gasteiger partial charge in [0.05, 0.1) is 6.10 Å². The van der Waals surface area contributed by atoms with E-state index in [0.29, 0.717) is 0 Å². The summed E-state index contributed by atoms with van der Waals surface area (Å²) in [6.45, 7) is 2.08. The highest BCUT2D eigenvalue weighted by molar-refractivity contribution is 8.00. The van der Waals surface area contributed by atoms with Gasteiger partial charge in [0.25, 0.3) is 0 Å². The van der Waals surface area contributed by atoms with E-state index in [1.165, 1.54) is 15.3 Å². The standard InChI is InChI=1S/C14H14OS2/c1-9-6-11(8-16-9)14(15)13-7-10-4-2-3-5-12(10)17-13/h2-6,8,13-15H,7H2,1H3. The molecule has 17 heavy (non-hydrogen) atoms. The first-order valence-electron chi connectivity index (χ1n) is 5.72. The maximum absolute atomic E-state index is 10.4. The summed E-state index contributed by atoms with van der Waals surface area (Å²) in [4.78, 5) is 2.59. The fourth-order valence-electron chi connectivity index (χ4n) is 2.22. The predicted octanol–water partition coefficient (Wildman–Crippen LogP) is 3.81. The number of rotatable bonds is 2. The van der Waals surface area contributed by atoms with Crippen LogP contribution in [0.1, 0.15) is 22.1 Å². The normalized spacial score (nSPS) is 20.2. The molecule has 0 saturated heterocycles. The first kappa shape index (κ1) is 11.3. The molecule has 0 spiro atoms. The fourth-order valence-corrected chi connectivity index (χ4v) is 4.29. The molecule has 0 aliphatic carbocycles. The zero-order valence-electron chi connectivity index (χ0n) is 9.59. The molecule has 1 nitrogen and oxygen atoms in total. The molecule has 1 N–H and O–H groups in total. The molecule has 3 heteroatoms. The second-order valence-electron chi connectivity index (χ2n) is 4.40. The molecule has 0 bridgehead atoms. The van der Waals surface area contributed by atoms with Crippen molar-refractivity contribution in [1.29, 1.82) is 0 Å². The molecule has 1 aromatic heterocycles. The molecule has 3 rings (SSSR count).